The third-order valence-corrected chi connectivity index (χ3v) is 16.4. The number of aromatic nitrogens is 6. The maximum Gasteiger partial charge on any atom is 0.270 e. The van der Waals surface area contributed by atoms with Crippen molar-refractivity contribution in [3.8, 4) is 0 Å². The second-order valence-corrected chi connectivity index (χ2v) is 23.7. The van der Waals surface area contributed by atoms with E-state index in [1.54, 1.807) is 50.4 Å². The van der Waals surface area contributed by atoms with Gasteiger partial charge < -0.3 is 45.1 Å². The number of carbonyl (C=O) groups is 2. The van der Waals surface area contributed by atoms with Gasteiger partial charge in [0, 0.05) is 130 Å². The van der Waals surface area contributed by atoms with Crippen molar-refractivity contribution in [3.05, 3.63) is 84.4 Å². The Bertz CT molecular complexity index is 2930. The molecular formula is C54H71N13O3S. The molecule has 6 aliphatic carbocycles. The quantitative estimate of drug-likeness (QED) is 0.0953. The molecule has 2 aromatic carbocycles. The zero-order valence-electron chi connectivity index (χ0n) is 42.9. The molecule has 8 aliphatic rings. The fraction of sp³-hybridized carbons (Fsp3) is 0.519. The molecular weight excluding hydrogens is 911 g/mol. The summed E-state index contributed by atoms with van der Waals surface area (Å²) in [6, 6.07) is 21.5. The average molecular weight is 982 g/mol. The van der Waals surface area contributed by atoms with Crippen LogP contribution in [0.2, 0.25) is 0 Å². The van der Waals surface area contributed by atoms with Crippen molar-refractivity contribution >= 4 is 73.4 Å². The largest absolute Gasteiger partial charge is 0.399 e. The Morgan fingerprint density at radius 3 is 1.58 bits per heavy atom. The minimum atomic E-state index is -1.23. The maximum absolute atomic E-state index is 13.0. The fourth-order valence-electron chi connectivity index (χ4n) is 12.3. The maximum atomic E-state index is 13.0. The number of hydrogen-bond donors (Lipinski definition) is 3. The van der Waals surface area contributed by atoms with Crippen molar-refractivity contribution < 1.29 is 13.8 Å². The second-order valence-electron chi connectivity index (χ2n) is 22.4. The van der Waals surface area contributed by atoms with Crippen LogP contribution in [0.3, 0.4) is 0 Å². The highest BCUT2D eigenvalue weighted by molar-refractivity contribution is 7.84. The first-order chi connectivity index (χ1) is 33.9. The number of fused-ring (bicyclic) bond motifs is 2. The molecule has 5 unspecified atom stereocenters. The van der Waals surface area contributed by atoms with Gasteiger partial charge in [-0.15, -0.1) is 0 Å². The molecule has 6 heterocycles. The van der Waals surface area contributed by atoms with Gasteiger partial charge in [0.05, 0.1) is 10.8 Å². The van der Waals surface area contributed by atoms with E-state index >= 15 is 0 Å². The second kappa shape index (κ2) is 18.8. The number of nitrogen functional groups attached to an aromatic ring is 1. The van der Waals surface area contributed by atoms with Gasteiger partial charge in [-0.1, -0.05) is 13.8 Å². The van der Waals surface area contributed by atoms with Gasteiger partial charge in [-0.2, -0.15) is 4.98 Å². The summed E-state index contributed by atoms with van der Waals surface area (Å²) < 4.78 is 16.0. The molecule has 5 atom stereocenters. The standard InChI is InChI=1S/C26H33N7O.C15H18N4O2S.C13H20N2/c1-16-14-32(15-17(2)28-16)21-7-5-20(6-8-21)29-25-27-13-19-9-22(24(34)31(3)4)33(23(19)30-25)26-10-18(11-26)12-26;1-18(2)13(20)11-4-10-8-16-14(22(3)21)17-12(10)19(11)15-5-9(6-15)7-15;1-10-7-11(2)9-15(8-10)13-5-3-12(14)4-6-13/h5-9,13,16-18,28H,10-12,14-15H2,1-4H3,(H,27,29,30);4,8-9H,5-7H2,1-3H3;3-6,10-11H,7-9,14H2,1-2H3. The van der Waals surface area contributed by atoms with E-state index in [9.17, 15) is 13.8 Å². The van der Waals surface area contributed by atoms with E-state index in [-0.39, 0.29) is 22.9 Å². The topological polar surface area (TPSA) is 176 Å². The summed E-state index contributed by atoms with van der Waals surface area (Å²) in [4.78, 5) is 51.7. The number of carbonyl (C=O) groups excluding carboxylic acids is 2. The lowest BCUT2D eigenvalue weighted by Crippen LogP contribution is -2.60. The normalized spacial score (nSPS) is 27.3. The molecule has 4 aromatic heterocycles. The third kappa shape index (κ3) is 9.35. The first-order valence-corrected chi connectivity index (χ1v) is 27.0. The monoisotopic (exact) mass is 982 g/mol. The zero-order valence-corrected chi connectivity index (χ0v) is 43.7. The summed E-state index contributed by atoms with van der Waals surface area (Å²) in [6.07, 6.45) is 13.2. The first-order valence-electron chi connectivity index (χ1n) is 25.4. The van der Waals surface area contributed by atoms with Crippen LogP contribution in [-0.2, 0) is 21.9 Å². The highest BCUT2D eigenvalue weighted by Crippen LogP contribution is 2.64. The highest BCUT2D eigenvalue weighted by Gasteiger charge is 2.60. The van der Waals surface area contributed by atoms with Gasteiger partial charge in [-0.25, -0.2) is 15.0 Å². The summed E-state index contributed by atoms with van der Waals surface area (Å²) >= 11 is 0. The van der Waals surface area contributed by atoms with E-state index in [0.717, 1.165) is 109 Å². The number of amides is 2. The number of benzene rings is 2. The predicted octanol–water partition coefficient (Wildman–Crippen LogP) is 7.70. The molecule has 4 N–H and O–H groups in total. The van der Waals surface area contributed by atoms with Gasteiger partial charge in [-0.05, 0) is 143 Å². The molecule has 2 aliphatic heterocycles. The summed E-state index contributed by atoms with van der Waals surface area (Å²) in [6.45, 7) is 13.5. The minimum absolute atomic E-state index is 0.0179. The Balaban J connectivity index is 0.000000135. The molecule has 6 saturated carbocycles. The van der Waals surface area contributed by atoms with Crippen LogP contribution >= 0.6 is 0 Å². The summed E-state index contributed by atoms with van der Waals surface area (Å²) in [7, 11) is 5.88. The predicted molar refractivity (Wildman–Crippen MR) is 284 cm³/mol. The van der Waals surface area contributed by atoms with Crippen LogP contribution in [0.15, 0.2) is 78.2 Å². The summed E-state index contributed by atoms with van der Waals surface area (Å²) in [5, 5.41) is 9.03. The van der Waals surface area contributed by atoms with E-state index in [1.165, 1.54) is 30.9 Å². The van der Waals surface area contributed by atoms with Gasteiger partial charge in [0.1, 0.15) is 22.7 Å². The Morgan fingerprint density at radius 1 is 0.676 bits per heavy atom. The SMILES string of the molecule is CC1CC(C)CN(c2ccc(N)cc2)C1.CC1CN(c2ccc(Nc3ncc4cc(C(=O)N(C)C)n(C56CC(C5)C6)c4n3)cc2)CC(C)N1.CN(C)C(=O)c1cc2cnc(S(C)=O)nc2n1C12CC(C1)C2. The van der Waals surface area contributed by atoms with E-state index < -0.39 is 10.8 Å². The van der Waals surface area contributed by atoms with Crippen LogP contribution in [0.5, 0.6) is 0 Å². The van der Waals surface area contributed by atoms with Crippen LogP contribution in [0.1, 0.15) is 93.6 Å². The van der Waals surface area contributed by atoms with Crippen LogP contribution < -0.4 is 26.2 Å². The number of nitrogens with one attached hydrogen (secondary N) is 2. The van der Waals surface area contributed by atoms with Crippen molar-refractivity contribution in [1.29, 1.82) is 0 Å². The average Bonchev–Trinajstić information content (AvgIpc) is 3.82. The van der Waals surface area contributed by atoms with Crippen LogP contribution in [0.4, 0.5) is 28.7 Å². The van der Waals surface area contributed by atoms with Crippen LogP contribution in [0, 0.1) is 23.7 Å². The van der Waals surface area contributed by atoms with Gasteiger partial charge in [-0.3, -0.25) is 13.8 Å². The van der Waals surface area contributed by atoms with Gasteiger partial charge in [0.2, 0.25) is 11.1 Å². The van der Waals surface area contributed by atoms with E-state index in [0.29, 0.717) is 34.6 Å². The molecule has 6 aromatic rings. The Kier molecular flexibility index (Phi) is 12.9. The van der Waals surface area contributed by atoms with Crippen molar-refractivity contribution in [2.45, 2.75) is 101 Å². The number of hydrogen-bond acceptors (Lipinski definition) is 12. The van der Waals surface area contributed by atoms with Crippen molar-refractivity contribution in [2.75, 3.05) is 81.5 Å². The molecule has 71 heavy (non-hydrogen) atoms. The molecule has 2 amide bonds. The number of piperidine rings is 1. The summed E-state index contributed by atoms with van der Waals surface area (Å²) in [5.41, 5.74) is 13.1. The number of nitrogens with zero attached hydrogens (tertiary/aromatic N) is 10. The van der Waals surface area contributed by atoms with Crippen molar-refractivity contribution in [1.82, 2.24) is 44.2 Å². The Labute approximate surface area is 420 Å². The molecule has 14 rings (SSSR count). The van der Waals surface area contributed by atoms with Gasteiger partial charge in [0.25, 0.3) is 11.8 Å². The third-order valence-electron chi connectivity index (χ3n) is 15.7. The summed E-state index contributed by atoms with van der Waals surface area (Å²) in [5.74, 6) is 3.74. The van der Waals surface area contributed by atoms with Crippen LogP contribution in [-0.4, -0.2) is 128 Å². The fourth-order valence-corrected chi connectivity index (χ4v) is 12.7. The lowest BCUT2D eigenvalue weighted by atomic mass is 9.49. The lowest BCUT2D eigenvalue weighted by Gasteiger charge is -2.62. The molecule has 16 nitrogen and oxygen atoms in total. The molecule has 0 radical (unpaired) electrons. The van der Waals surface area contributed by atoms with E-state index in [4.69, 9.17) is 10.7 Å². The molecule has 2 saturated heterocycles. The molecule has 376 valence electrons. The van der Waals surface area contributed by atoms with Crippen LogP contribution in [0.25, 0.3) is 22.1 Å². The molecule has 0 spiro atoms. The van der Waals surface area contributed by atoms with Gasteiger partial charge in [0.15, 0.2) is 0 Å². The number of nitrogens with two attached hydrogens (primary N) is 1. The Hall–Kier alpha value is -6.07. The molecule has 4 bridgehead atoms. The minimum Gasteiger partial charge on any atom is -0.399 e. The van der Waals surface area contributed by atoms with Crippen molar-refractivity contribution in [3.63, 3.8) is 0 Å². The molecule has 8 fully saturated rings. The Morgan fingerprint density at radius 2 is 1.13 bits per heavy atom. The number of anilines is 5. The highest BCUT2D eigenvalue weighted by atomic mass is 32.2. The van der Waals surface area contributed by atoms with Crippen molar-refractivity contribution in [2.24, 2.45) is 23.7 Å². The van der Waals surface area contributed by atoms with E-state index in [1.807, 2.05) is 30.5 Å². The smallest absolute Gasteiger partial charge is 0.270 e. The number of rotatable bonds is 9. The van der Waals surface area contributed by atoms with Gasteiger partial charge >= 0.3 is 0 Å². The van der Waals surface area contributed by atoms with E-state index in [2.05, 4.69) is 109 Å². The molecule has 17 heteroatoms. The number of piperazine rings is 1. The first kappa shape index (κ1) is 48.6. The lowest BCUT2D eigenvalue weighted by molar-refractivity contribution is -0.0871. The zero-order chi connectivity index (χ0) is 50.1.